The average Bonchev–Trinajstić information content (AvgIpc) is 2.81. The highest BCUT2D eigenvalue weighted by atomic mass is 35.5. The zero-order valence-electron chi connectivity index (χ0n) is 19.2. The summed E-state index contributed by atoms with van der Waals surface area (Å²) in [7, 11) is 5.75. The van der Waals surface area contributed by atoms with Crippen LogP contribution in [0.1, 0.15) is 6.42 Å². The number of pyridine rings is 1. The van der Waals surface area contributed by atoms with Crippen LogP contribution in [0.5, 0.6) is 5.75 Å². The van der Waals surface area contributed by atoms with Crippen LogP contribution >= 0.6 is 23.2 Å². The minimum absolute atomic E-state index is 0.247. The van der Waals surface area contributed by atoms with Crippen molar-refractivity contribution in [1.82, 2.24) is 19.4 Å². The Morgan fingerprint density at radius 2 is 1.79 bits per heavy atom. The van der Waals surface area contributed by atoms with E-state index in [9.17, 15) is 4.79 Å². The predicted octanol–water partition coefficient (Wildman–Crippen LogP) is 5.38. The maximum atomic E-state index is 13.1. The van der Waals surface area contributed by atoms with Crippen LogP contribution in [0.4, 0.5) is 11.6 Å². The van der Waals surface area contributed by atoms with E-state index in [0.29, 0.717) is 44.8 Å². The summed E-state index contributed by atoms with van der Waals surface area (Å²) in [6.07, 6.45) is 2.63. The van der Waals surface area contributed by atoms with Gasteiger partial charge in [-0.1, -0.05) is 29.3 Å². The number of hydrogen-bond acceptors (Lipinski definition) is 6. The van der Waals surface area contributed by atoms with Crippen LogP contribution in [0.15, 0.2) is 59.5 Å². The highest BCUT2D eigenvalue weighted by Crippen LogP contribution is 2.33. The number of nitrogens with one attached hydrogen (secondary N) is 1. The number of rotatable bonds is 8. The lowest BCUT2D eigenvalue weighted by atomic mass is 10.1. The number of fused-ring (bicyclic) bond motifs is 1. The van der Waals surface area contributed by atoms with Gasteiger partial charge in [0, 0.05) is 36.4 Å². The molecule has 176 valence electrons. The van der Waals surface area contributed by atoms with Crippen LogP contribution < -0.4 is 15.6 Å². The number of aromatic nitrogens is 3. The second-order valence-corrected chi connectivity index (χ2v) is 8.96. The fourth-order valence-corrected chi connectivity index (χ4v) is 4.18. The van der Waals surface area contributed by atoms with Gasteiger partial charge in [0.2, 0.25) is 5.95 Å². The minimum Gasteiger partial charge on any atom is -0.494 e. The first kappa shape index (κ1) is 24.0. The quantitative estimate of drug-likeness (QED) is 0.329. The standard InChI is InChI=1S/C25H25Cl2N5O2/c1-31(2)12-5-13-34-18-10-8-17(9-11-18)29-25-28-15-16-14-19(24(33)32(3)23(16)30-25)22-20(26)6-4-7-21(22)27/h4,6-11,14-15H,5,12-13H2,1-3H3,(H,28,29,30). The van der Waals surface area contributed by atoms with E-state index in [1.165, 1.54) is 4.57 Å². The summed E-state index contributed by atoms with van der Waals surface area (Å²) >= 11 is 12.7. The number of anilines is 2. The maximum Gasteiger partial charge on any atom is 0.259 e. The summed E-state index contributed by atoms with van der Waals surface area (Å²) in [4.78, 5) is 24.2. The molecule has 2 heterocycles. The van der Waals surface area contributed by atoms with E-state index in [1.807, 2.05) is 38.4 Å². The molecular weight excluding hydrogens is 473 g/mol. The molecular formula is C25H25Cl2N5O2. The van der Waals surface area contributed by atoms with E-state index < -0.39 is 0 Å². The van der Waals surface area contributed by atoms with E-state index in [2.05, 4.69) is 20.2 Å². The molecule has 0 aliphatic rings. The Kier molecular flexibility index (Phi) is 7.36. The second-order valence-electron chi connectivity index (χ2n) is 8.15. The van der Waals surface area contributed by atoms with Crippen molar-refractivity contribution in [2.75, 3.05) is 32.6 Å². The van der Waals surface area contributed by atoms with Gasteiger partial charge < -0.3 is 15.0 Å². The SMILES string of the molecule is CN(C)CCCOc1ccc(Nc2ncc3cc(-c4c(Cl)cccc4Cl)c(=O)n(C)c3n2)cc1. The van der Waals surface area contributed by atoms with E-state index in [4.69, 9.17) is 27.9 Å². The molecule has 9 heteroatoms. The van der Waals surface area contributed by atoms with Crippen molar-refractivity contribution in [3.05, 3.63) is 75.1 Å². The Morgan fingerprint density at radius 3 is 2.47 bits per heavy atom. The van der Waals surface area contributed by atoms with E-state index in [0.717, 1.165) is 24.4 Å². The van der Waals surface area contributed by atoms with Crippen LogP contribution in [0, 0.1) is 0 Å². The first-order valence-corrected chi connectivity index (χ1v) is 11.5. The third kappa shape index (κ3) is 5.33. The lowest BCUT2D eigenvalue weighted by molar-refractivity contribution is 0.281. The average molecular weight is 498 g/mol. The van der Waals surface area contributed by atoms with Gasteiger partial charge in [0.1, 0.15) is 11.4 Å². The van der Waals surface area contributed by atoms with E-state index in [1.54, 1.807) is 37.5 Å². The fraction of sp³-hybridized carbons (Fsp3) is 0.240. The van der Waals surface area contributed by atoms with Crippen LogP contribution in [0.25, 0.3) is 22.2 Å². The Bertz CT molecular complexity index is 1350. The Labute approximate surface area is 207 Å². The molecule has 0 bridgehead atoms. The Hall–Kier alpha value is -3.13. The van der Waals surface area contributed by atoms with Crippen molar-refractivity contribution in [2.45, 2.75) is 6.42 Å². The van der Waals surface area contributed by atoms with Crippen molar-refractivity contribution >= 4 is 45.9 Å². The fourth-order valence-electron chi connectivity index (χ4n) is 3.58. The molecule has 0 radical (unpaired) electrons. The molecule has 2 aromatic heterocycles. The smallest absolute Gasteiger partial charge is 0.259 e. The van der Waals surface area contributed by atoms with Gasteiger partial charge in [0.25, 0.3) is 5.56 Å². The summed E-state index contributed by atoms with van der Waals surface area (Å²) in [6.45, 7) is 1.64. The van der Waals surface area contributed by atoms with Crippen molar-refractivity contribution in [1.29, 1.82) is 0 Å². The van der Waals surface area contributed by atoms with Crippen LogP contribution in [0.2, 0.25) is 10.0 Å². The third-order valence-corrected chi connectivity index (χ3v) is 5.94. The Morgan fingerprint density at radius 1 is 1.09 bits per heavy atom. The number of benzene rings is 2. The van der Waals surface area contributed by atoms with Crippen LogP contribution in [0.3, 0.4) is 0 Å². The molecule has 0 aliphatic heterocycles. The van der Waals surface area contributed by atoms with Gasteiger partial charge in [0.15, 0.2) is 0 Å². The Balaban J connectivity index is 1.55. The monoisotopic (exact) mass is 497 g/mol. The number of halogens is 2. The van der Waals surface area contributed by atoms with Gasteiger partial charge >= 0.3 is 0 Å². The molecule has 7 nitrogen and oxygen atoms in total. The predicted molar refractivity (Wildman–Crippen MR) is 139 cm³/mol. The molecule has 2 aromatic carbocycles. The number of nitrogens with zero attached hydrogens (tertiary/aromatic N) is 4. The van der Waals surface area contributed by atoms with Gasteiger partial charge in [-0.05, 0) is 63.0 Å². The number of aryl methyl sites for hydroxylation is 1. The van der Waals surface area contributed by atoms with Crippen molar-refractivity contribution < 1.29 is 4.74 Å². The second kappa shape index (κ2) is 10.4. The van der Waals surface area contributed by atoms with E-state index in [-0.39, 0.29) is 5.56 Å². The summed E-state index contributed by atoms with van der Waals surface area (Å²) in [6, 6.07) is 14.5. The first-order chi connectivity index (χ1) is 16.3. The van der Waals surface area contributed by atoms with Gasteiger partial charge in [-0.25, -0.2) is 4.98 Å². The molecule has 0 amide bonds. The largest absolute Gasteiger partial charge is 0.494 e. The van der Waals surface area contributed by atoms with Crippen molar-refractivity contribution in [2.24, 2.45) is 7.05 Å². The zero-order valence-corrected chi connectivity index (χ0v) is 20.7. The molecule has 4 rings (SSSR count). The summed E-state index contributed by atoms with van der Waals surface area (Å²) in [5.74, 6) is 1.18. The first-order valence-electron chi connectivity index (χ1n) is 10.8. The molecule has 34 heavy (non-hydrogen) atoms. The van der Waals surface area contributed by atoms with Gasteiger partial charge in [0.05, 0.1) is 22.2 Å². The summed E-state index contributed by atoms with van der Waals surface area (Å²) in [5, 5.41) is 4.69. The van der Waals surface area contributed by atoms with Gasteiger partial charge in [-0.15, -0.1) is 0 Å². The summed E-state index contributed by atoms with van der Waals surface area (Å²) < 4.78 is 7.24. The lowest BCUT2D eigenvalue weighted by Crippen LogP contribution is -2.20. The van der Waals surface area contributed by atoms with Crippen molar-refractivity contribution in [3.63, 3.8) is 0 Å². The number of ether oxygens (including phenoxy) is 1. The molecule has 4 aromatic rings. The molecule has 0 fully saturated rings. The van der Waals surface area contributed by atoms with Gasteiger partial charge in [-0.2, -0.15) is 4.98 Å². The highest BCUT2D eigenvalue weighted by molar-refractivity contribution is 6.39. The van der Waals surface area contributed by atoms with Gasteiger partial charge in [-0.3, -0.25) is 9.36 Å². The highest BCUT2D eigenvalue weighted by Gasteiger charge is 2.16. The molecule has 0 aliphatic carbocycles. The van der Waals surface area contributed by atoms with Crippen LogP contribution in [-0.4, -0.2) is 46.7 Å². The lowest BCUT2D eigenvalue weighted by Gasteiger charge is -2.12. The molecule has 0 spiro atoms. The normalized spacial score (nSPS) is 11.2. The van der Waals surface area contributed by atoms with Crippen molar-refractivity contribution in [3.8, 4) is 16.9 Å². The van der Waals surface area contributed by atoms with E-state index >= 15 is 0 Å². The minimum atomic E-state index is -0.247. The molecule has 0 saturated heterocycles. The van der Waals surface area contributed by atoms with Crippen LogP contribution in [-0.2, 0) is 7.05 Å². The molecule has 0 unspecified atom stereocenters. The topological polar surface area (TPSA) is 72.3 Å². The third-order valence-electron chi connectivity index (χ3n) is 5.31. The zero-order chi connectivity index (χ0) is 24.2. The molecule has 0 atom stereocenters. The molecule has 0 saturated carbocycles. The molecule has 1 N–H and O–H groups in total. The maximum absolute atomic E-state index is 13.1. The number of hydrogen-bond donors (Lipinski definition) is 1. The summed E-state index contributed by atoms with van der Waals surface area (Å²) in [5.41, 5.74) is 1.96.